The van der Waals surface area contributed by atoms with Crippen LogP contribution in [0.5, 0.6) is 0 Å². The van der Waals surface area contributed by atoms with Crippen molar-refractivity contribution in [1.29, 1.82) is 0 Å². The van der Waals surface area contributed by atoms with Gasteiger partial charge >= 0.3 is 0 Å². The Bertz CT molecular complexity index is 528. The molecule has 3 rings (SSSR count). The van der Waals surface area contributed by atoms with Gasteiger partial charge in [0.05, 0.1) is 0 Å². The molecule has 0 aromatic heterocycles. The highest BCUT2D eigenvalue weighted by Gasteiger charge is 2.58. The molecule has 24 heavy (non-hydrogen) atoms. The number of carbonyl (C=O) groups is 1. The Morgan fingerprint density at radius 1 is 1.25 bits per heavy atom. The van der Waals surface area contributed by atoms with E-state index in [0.717, 1.165) is 38.9 Å². The first kappa shape index (κ1) is 19.3. The number of rotatable bonds is 6. The first-order valence-electron chi connectivity index (χ1n) is 9.25. The predicted octanol–water partition coefficient (Wildman–Crippen LogP) is 3.67. The van der Waals surface area contributed by atoms with Crippen molar-refractivity contribution >= 4 is 18.3 Å². The molecular formula is C20H31ClN2O. The molecule has 2 atom stereocenters. The summed E-state index contributed by atoms with van der Waals surface area (Å²) < 4.78 is 0. The van der Waals surface area contributed by atoms with Crippen molar-refractivity contribution in [3.8, 4) is 0 Å². The number of carbonyl (C=O) groups excluding carboxylic acids is 1. The summed E-state index contributed by atoms with van der Waals surface area (Å²) in [5, 5.41) is 3.42. The lowest BCUT2D eigenvalue weighted by molar-refractivity contribution is -0.135. The molecule has 1 spiro atoms. The molecule has 1 aromatic rings. The van der Waals surface area contributed by atoms with E-state index in [9.17, 15) is 4.79 Å². The second-order valence-electron chi connectivity index (χ2n) is 7.25. The van der Waals surface area contributed by atoms with Crippen molar-refractivity contribution < 1.29 is 4.79 Å². The molecule has 1 N–H and O–H groups in total. The van der Waals surface area contributed by atoms with E-state index >= 15 is 0 Å². The summed E-state index contributed by atoms with van der Waals surface area (Å²) in [7, 11) is 0. The third-order valence-corrected chi connectivity index (χ3v) is 5.94. The summed E-state index contributed by atoms with van der Waals surface area (Å²) in [4.78, 5) is 15.3. The van der Waals surface area contributed by atoms with Crippen LogP contribution in [0.4, 0.5) is 0 Å². The van der Waals surface area contributed by atoms with Gasteiger partial charge in [0.1, 0.15) is 0 Å². The average molecular weight is 351 g/mol. The molecule has 1 saturated carbocycles. The van der Waals surface area contributed by atoms with E-state index in [4.69, 9.17) is 0 Å². The Morgan fingerprint density at radius 3 is 2.50 bits per heavy atom. The highest BCUT2D eigenvalue weighted by Crippen LogP contribution is 2.59. The maximum absolute atomic E-state index is 13.1. The zero-order valence-corrected chi connectivity index (χ0v) is 15.8. The maximum Gasteiger partial charge on any atom is 0.226 e. The van der Waals surface area contributed by atoms with Gasteiger partial charge in [-0.05, 0) is 63.1 Å². The Balaban J connectivity index is 0.00000208. The van der Waals surface area contributed by atoms with Gasteiger partial charge in [0, 0.05) is 18.5 Å². The minimum atomic E-state index is 0. The number of benzene rings is 1. The van der Waals surface area contributed by atoms with Crippen LogP contribution < -0.4 is 5.32 Å². The lowest BCUT2D eigenvalue weighted by Gasteiger charge is -2.32. The molecule has 1 amide bonds. The lowest BCUT2D eigenvalue weighted by atomic mass is 9.91. The fraction of sp³-hybridized carbons (Fsp3) is 0.650. The van der Waals surface area contributed by atoms with Crippen LogP contribution in [0.25, 0.3) is 0 Å². The minimum Gasteiger partial charge on any atom is -0.339 e. The van der Waals surface area contributed by atoms with Crippen LogP contribution >= 0.6 is 12.4 Å². The topological polar surface area (TPSA) is 32.3 Å². The van der Waals surface area contributed by atoms with Crippen LogP contribution in [0.1, 0.15) is 45.1 Å². The van der Waals surface area contributed by atoms with Crippen molar-refractivity contribution in [2.45, 2.75) is 52.0 Å². The Morgan fingerprint density at radius 2 is 1.92 bits per heavy atom. The molecule has 0 radical (unpaired) electrons. The molecule has 2 fully saturated rings. The van der Waals surface area contributed by atoms with E-state index in [1.165, 1.54) is 18.4 Å². The lowest BCUT2D eigenvalue weighted by Crippen LogP contribution is -2.43. The van der Waals surface area contributed by atoms with Gasteiger partial charge in [0.25, 0.3) is 0 Å². The van der Waals surface area contributed by atoms with Gasteiger partial charge < -0.3 is 10.2 Å². The monoisotopic (exact) mass is 350 g/mol. The highest BCUT2D eigenvalue weighted by molar-refractivity contribution is 5.85. The molecular weight excluding hydrogens is 320 g/mol. The second-order valence-corrected chi connectivity index (χ2v) is 7.25. The van der Waals surface area contributed by atoms with Gasteiger partial charge in [0.2, 0.25) is 5.91 Å². The summed E-state index contributed by atoms with van der Waals surface area (Å²) in [6.45, 7) is 7.32. The van der Waals surface area contributed by atoms with Gasteiger partial charge in [-0.25, -0.2) is 0 Å². The van der Waals surface area contributed by atoms with Crippen LogP contribution in [0.15, 0.2) is 30.3 Å². The third kappa shape index (κ3) is 3.94. The van der Waals surface area contributed by atoms with Gasteiger partial charge in [-0.1, -0.05) is 37.3 Å². The highest BCUT2D eigenvalue weighted by atomic mass is 35.5. The van der Waals surface area contributed by atoms with E-state index in [0.29, 0.717) is 17.4 Å². The number of amides is 1. The molecule has 2 aliphatic rings. The summed E-state index contributed by atoms with van der Waals surface area (Å²) in [6.07, 6.45) is 5.46. The molecule has 2 unspecified atom stereocenters. The molecule has 134 valence electrons. The summed E-state index contributed by atoms with van der Waals surface area (Å²) in [5.41, 5.74) is 1.67. The zero-order chi connectivity index (χ0) is 16.3. The second kappa shape index (κ2) is 8.35. The summed E-state index contributed by atoms with van der Waals surface area (Å²) in [6, 6.07) is 10.9. The van der Waals surface area contributed by atoms with Gasteiger partial charge in [-0.2, -0.15) is 0 Å². The van der Waals surface area contributed by atoms with E-state index in [-0.39, 0.29) is 18.3 Å². The number of nitrogens with zero attached hydrogens (tertiary/aromatic N) is 1. The number of likely N-dealkylation sites (N-methyl/N-ethyl adjacent to an activating group) is 1. The number of nitrogens with one attached hydrogen (secondary N) is 1. The van der Waals surface area contributed by atoms with Gasteiger partial charge in [-0.15, -0.1) is 12.4 Å². The predicted molar refractivity (Wildman–Crippen MR) is 102 cm³/mol. The van der Waals surface area contributed by atoms with Gasteiger partial charge in [0.15, 0.2) is 0 Å². The van der Waals surface area contributed by atoms with Crippen LogP contribution in [0.2, 0.25) is 0 Å². The fourth-order valence-corrected chi connectivity index (χ4v) is 4.33. The Hall–Kier alpha value is -1.06. The van der Waals surface area contributed by atoms with Crippen molar-refractivity contribution in [1.82, 2.24) is 10.2 Å². The molecule has 0 bridgehead atoms. The molecule has 1 aliphatic heterocycles. The molecule has 3 nitrogen and oxygen atoms in total. The van der Waals surface area contributed by atoms with Crippen LogP contribution in [0.3, 0.4) is 0 Å². The quantitative estimate of drug-likeness (QED) is 0.849. The molecule has 4 heteroatoms. The van der Waals surface area contributed by atoms with E-state index in [2.05, 4.69) is 54.4 Å². The molecule has 1 aliphatic carbocycles. The normalized spacial score (nSPS) is 22.5. The number of hydrogen-bond acceptors (Lipinski definition) is 2. The van der Waals surface area contributed by atoms with Crippen LogP contribution in [-0.2, 0) is 11.2 Å². The van der Waals surface area contributed by atoms with Crippen LogP contribution in [-0.4, -0.2) is 36.5 Å². The zero-order valence-electron chi connectivity index (χ0n) is 15.0. The molecule has 1 heterocycles. The number of halogens is 1. The van der Waals surface area contributed by atoms with Crippen molar-refractivity contribution in [2.24, 2.45) is 11.3 Å². The smallest absolute Gasteiger partial charge is 0.226 e. The van der Waals surface area contributed by atoms with E-state index < -0.39 is 0 Å². The van der Waals surface area contributed by atoms with Crippen molar-refractivity contribution in [3.63, 3.8) is 0 Å². The number of piperidine rings is 1. The summed E-state index contributed by atoms with van der Waals surface area (Å²) in [5.74, 6) is 0.701. The van der Waals surface area contributed by atoms with Crippen molar-refractivity contribution in [2.75, 3.05) is 19.6 Å². The molecule has 1 aromatic carbocycles. The third-order valence-electron chi connectivity index (χ3n) is 5.94. The van der Waals surface area contributed by atoms with Gasteiger partial charge in [-0.3, -0.25) is 4.79 Å². The number of hydrogen-bond donors (Lipinski definition) is 1. The maximum atomic E-state index is 13.1. The molecule has 1 saturated heterocycles. The van der Waals surface area contributed by atoms with Crippen LogP contribution in [0, 0.1) is 11.3 Å². The average Bonchev–Trinajstić information content (AvgIpc) is 3.29. The SMILES string of the molecule is CCC(Cc1ccccc1)N(CC)C(=O)C1CC12CCNCC2.Cl. The standard InChI is InChI=1S/C20H30N2O.ClH/c1-3-17(14-16-8-6-5-7-9-16)22(4-2)19(23)18-15-20(18)10-12-21-13-11-20;/h5-9,17-18,21H,3-4,10-15H2,1-2H3;1H. The van der Waals surface area contributed by atoms with E-state index in [1.54, 1.807) is 0 Å². The minimum absolute atomic E-state index is 0. The first-order valence-corrected chi connectivity index (χ1v) is 9.25. The Labute approximate surface area is 152 Å². The van der Waals surface area contributed by atoms with E-state index in [1.807, 2.05) is 0 Å². The Kier molecular flexibility index (Phi) is 6.70. The van der Waals surface area contributed by atoms with Crippen molar-refractivity contribution in [3.05, 3.63) is 35.9 Å². The fourth-order valence-electron chi connectivity index (χ4n) is 4.33. The first-order chi connectivity index (χ1) is 11.2. The largest absolute Gasteiger partial charge is 0.339 e. The summed E-state index contributed by atoms with van der Waals surface area (Å²) >= 11 is 0.